The minimum absolute atomic E-state index is 0. The molecular formula is C10H15IN2OS. The van der Waals surface area contributed by atoms with Gasteiger partial charge in [-0.15, -0.1) is 0 Å². The molecule has 0 amide bonds. The van der Waals surface area contributed by atoms with Gasteiger partial charge in [-0.05, 0) is 30.2 Å². The maximum Gasteiger partial charge on any atom is 0.301 e. The predicted molar refractivity (Wildman–Crippen MR) is 60.5 cm³/mol. The van der Waals surface area contributed by atoms with E-state index in [1.54, 1.807) is 0 Å². The molecule has 84 valence electrons. The van der Waals surface area contributed by atoms with Crippen molar-refractivity contribution in [2.24, 2.45) is 5.73 Å². The van der Waals surface area contributed by atoms with Crippen LogP contribution in [0, 0.1) is 0 Å². The van der Waals surface area contributed by atoms with Crippen molar-refractivity contribution < 1.29 is 33.7 Å². The van der Waals surface area contributed by atoms with Crippen LogP contribution in [0.2, 0.25) is 0 Å². The van der Waals surface area contributed by atoms with Crippen LogP contribution in [0.1, 0.15) is 0 Å². The van der Waals surface area contributed by atoms with Crippen LogP contribution in [0.25, 0.3) is 0 Å². The molecule has 15 heavy (non-hydrogen) atoms. The Bertz CT molecular complexity index is 293. The van der Waals surface area contributed by atoms with Crippen molar-refractivity contribution in [3.8, 4) is 5.75 Å². The second-order valence-electron chi connectivity index (χ2n) is 2.66. The Morgan fingerprint density at radius 3 is 2.67 bits per heavy atom. The number of hydrogen-bond acceptors (Lipinski definition) is 2. The largest absolute Gasteiger partial charge is 1.00 e. The maximum atomic E-state index is 5.57. The van der Waals surface area contributed by atoms with E-state index in [9.17, 15) is 0 Å². The Morgan fingerprint density at radius 1 is 1.40 bits per heavy atom. The first-order valence-corrected chi connectivity index (χ1v) is 5.63. The van der Waals surface area contributed by atoms with Gasteiger partial charge in [0.15, 0.2) is 0 Å². The van der Waals surface area contributed by atoms with Crippen molar-refractivity contribution >= 4 is 16.9 Å². The summed E-state index contributed by atoms with van der Waals surface area (Å²) in [5.74, 6) is 0.886. The highest BCUT2D eigenvalue weighted by Gasteiger charge is 1.94. The highest BCUT2D eigenvalue weighted by Crippen LogP contribution is 2.06. The Hall–Kier alpha value is -0.430. The van der Waals surface area contributed by atoms with E-state index in [1.165, 1.54) is 11.8 Å². The molecule has 0 heterocycles. The summed E-state index contributed by atoms with van der Waals surface area (Å²) in [6, 6.07) is 9.73. The lowest BCUT2D eigenvalue weighted by Gasteiger charge is -2.01. The number of hydrogen-bond donors (Lipinski definition) is 2. The van der Waals surface area contributed by atoms with Crippen LogP contribution in [0.3, 0.4) is 0 Å². The van der Waals surface area contributed by atoms with Crippen LogP contribution >= 0.6 is 11.8 Å². The van der Waals surface area contributed by atoms with Crippen LogP contribution in [0.4, 0.5) is 0 Å². The SMILES string of the molecule is CSC(N)=[NH+]CCOc1ccccc1.[I-]. The van der Waals surface area contributed by atoms with E-state index in [2.05, 4.69) is 4.99 Å². The third kappa shape index (κ3) is 6.62. The zero-order chi connectivity index (χ0) is 10.2. The molecule has 3 nitrogen and oxygen atoms in total. The Kier molecular flexibility index (Phi) is 8.59. The van der Waals surface area contributed by atoms with E-state index in [1.807, 2.05) is 36.6 Å². The first-order chi connectivity index (χ1) is 6.83. The smallest absolute Gasteiger partial charge is 0.301 e. The Labute approximate surface area is 112 Å². The first-order valence-electron chi connectivity index (χ1n) is 4.41. The molecule has 0 fully saturated rings. The summed E-state index contributed by atoms with van der Waals surface area (Å²) in [6.07, 6.45) is 1.93. The molecule has 0 atom stereocenters. The van der Waals surface area contributed by atoms with E-state index in [0.29, 0.717) is 6.61 Å². The molecule has 1 rings (SSSR count). The van der Waals surface area contributed by atoms with Crippen LogP contribution in [0.15, 0.2) is 30.3 Å². The van der Waals surface area contributed by atoms with Gasteiger partial charge in [-0.2, -0.15) is 0 Å². The molecule has 0 saturated heterocycles. The van der Waals surface area contributed by atoms with Crippen LogP contribution in [0.5, 0.6) is 5.75 Å². The first kappa shape index (κ1) is 14.6. The predicted octanol–water partition coefficient (Wildman–Crippen LogP) is -3.17. The molecule has 0 spiro atoms. The van der Waals surface area contributed by atoms with Crippen molar-refractivity contribution in [1.82, 2.24) is 0 Å². The summed E-state index contributed by atoms with van der Waals surface area (Å²) >= 11 is 1.50. The average Bonchev–Trinajstić information content (AvgIpc) is 2.25. The molecule has 1 aromatic rings. The summed E-state index contributed by atoms with van der Waals surface area (Å²) < 4.78 is 5.46. The zero-order valence-electron chi connectivity index (χ0n) is 8.57. The number of thioether (sulfide) groups is 1. The monoisotopic (exact) mass is 338 g/mol. The lowest BCUT2D eigenvalue weighted by atomic mass is 10.3. The molecule has 5 heteroatoms. The molecule has 0 bridgehead atoms. The third-order valence-corrected chi connectivity index (χ3v) is 2.22. The lowest BCUT2D eigenvalue weighted by Crippen LogP contribution is -3.00. The van der Waals surface area contributed by atoms with Gasteiger partial charge in [-0.3, -0.25) is 10.7 Å². The van der Waals surface area contributed by atoms with Crippen LogP contribution < -0.4 is 39.4 Å². The number of nitrogens with one attached hydrogen (secondary N) is 1. The molecule has 0 aliphatic rings. The van der Waals surface area contributed by atoms with Crippen molar-refractivity contribution in [2.75, 3.05) is 19.4 Å². The van der Waals surface area contributed by atoms with Crippen LogP contribution in [-0.4, -0.2) is 24.6 Å². The van der Waals surface area contributed by atoms with Gasteiger partial charge in [-0.1, -0.05) is 18.2 Å². The highest BCUT2D eigenvalue weighted by atomic mass is 127. The summed E-state index contributed by atoms with van der Waals surface area (Å²) in [6.45, 7) is 1.34. The minimum atomic E-state index is 0. The third-order valence-electron chi connectivity index (χ3n) is 1.63. The summed E-state index contributed by atoms with van der Waals surface area (Å²) in [4.78, 5) is 3.03. The molecule has 0 aromatic heterocycles. The van der Waals surface area contributed by atoms with Gasteiger partial charge in [0.1, 0.15) is 18.9 Å². The maximum absolute atomic E-state index is 5.57. The van der Waals surface area contributed by atoms with Gasteiger partial charge in [0, 0.05) is 0 Å². The topological polar surface area (TPSA) is 49.2 Å². The fourth-order valence-electron chi connectivity index (χ4n) is 0.932. The number of amidine groups is 1. The highest BCUT2D eigenvalue weighted by molar-refractivity contribution is 8.12. The summed E-state index contributed by atoms with van der Waals surface area (Å²) in [5, 5.41) is 0.724. The standard InChI is InChI=1S/C10H14N2OS.HI/c1-14-10(11)12-7-8-13-9-5-3-2-4-6-9;/h2-6H,7-8H2,1H3,(H2,11,12);1H. The van der Waals surface area contributed by atoms with Crippen molar-refractivity contribution in [3.63, 3.8) is 0 Å². The molecule has 0 aliphatic heterocycles. The number of benzene rings is 1. The number of rotatable bonds is 4. The minimum Gasteiger partial charge on any atom is -1.00 e. The molecule has 0 saturated carbocycles. The second kappa shape index (κ2) is 8.84. The number of ether oxygens (including phenoxy) is 1. The normalized spacial score (nSPS) is 10.6. The molecule has 0 unspecified atom stereocenters. The van der Waals surface area contributed by atoms with E-state index in [0.717, 1.165) is 17.5 Å². The van der Waals surface area contributed by atoms with E-state index in [-0.39, 0.29) is 24.0 Å². The van der Waals surface area contributed by atoms with Crippen molar-refractivity contribution in [2.45, 2.75) is 0 Å². The number of para-hydroxylation sites is 1. The van der Waals surface area contributed by atoms with Gasteiger partial charge in [0.05, 0.1) is 0 Å². The van der Waals surface area contributed by atoms with Gasteiger partial charge in [0.2, 0.25) is 0 Å². The van der Waals surface area contributed by atoms with E-state index < -0.39 is 0 Å². The van der Waals surface area contributed by atoms with E-state index in [4.69, 9.17) is 10.5 Å². The molecule has 0 radical (unpaired) electrons. The number of nitrogens with two attached hydrogens (primary N) is 1. The lowest BCUT2D eigenvalue weighted by molar-refractivity contribution is -0.457. The molecular weight excluding hydrogens is 323 g/mol. The summed E-state index contributed by atoms with van der Waals surface area (Å²) in [7, 11) is 0. The summed E-state index contributed by atoms with van der Waals surface area (Å²) in [5.41, 5.74) is 5.57. The molecule has 0 aliphatic carbocycles. The molecule has 1 aromatic carbocycles. The second-order valence-corrected chi connectivity index (χ2v) is 3.50. The van der Waals surface area contributed by atoms with Crippen molar-refractivity contribution in [1.29, 1.82) is 0 Å². The van der Waals surface area contributed by atoms with Gasteiger partial charge >= 0.3 is 5.17 Å². The van der Waals surface area contributed by atoms with Gasteiger partial charge in [-0.25, -0.2) is 0 Å². The quantitative estimate of drug-likeness (QED) is 0.264. The Morgan fingerprint density at radius 2 is 2.07 bits per heavy atom. The molecule has 3 N–H and O–H groups in total. The Balaban J connectivity index is 0.00000196. The average molecular weight is 338 g/mol. The fraction of sp³-hybridized carbons (Fsp3) is 0.300. The van der Waals surface area contributed by atoms with E-state index >= 15 is 0 Å². The van der Waals surface area contributed by atoms with Crippen molar-refractivity contribution in [3.05, 3.63) is 30.3 Å². The number of halogens is 1. The fourth-order valence-corrected chi connectivity index (χ4v) is 1.18. The van der Waals surface area contributed by atoms with Crippen LogP contribution in [-0.2, 0) is 0 Å². The van der Waals surface area contributed by atoms with Gasteiger partial charge < -0.3 is 28.7 Å². The van der Waals surface area contributed by atoms with Gasteiger partial charge in [0.25, 0.3) is 0 Å². The zero-order valence-corrected chi connectivity index (χ0v) is 11.5.